The van der Waals surface area contributed by atoms with E-state index < -0.39 is 9.84 Å². The zero-order chi connectivity index (χ0) is 23.6. The molecule has 0 spiro atoms. The van der Waals surface area contributed by atoms with E-state index in [0.717, 1.165) is 73.2 Å². The summed E-state index contributed by atoms with van der Waals surface area (Å²) in [6.07, 6.45) is 4.50. The summed E-state index contributed by atoms with van der Waals surface area (Å²) in [6, 6.07) is 13.9. The van der Waals surface area contributed by atoms with E-state index >= 15 is 0 Å². The van der Waals surface area contributed by atoms with Crippen molar-refractivity contribution in [1.29, 1.82) is 0 Å². The highest BCUT2D eigenvalue weighted by molar-refractivity contribution is 7.91. The molecule has 2 heterocycles. The fraction of sp³-hybridized carbons (Fsp3) is 0.444. The summed E-state index contributed by atoms with van der Waals surface area (Å²) >= 11 is 0. The Labute approximate surface area is 198 Å². The van der Waals surface area contributed by atoms with Gasteiger partial charge in [0.1, 0.15) is 4.90 Å². The van der Waals surface area contributed by atoms with Crippen LogP contribution in [0.1, 0.15) is 44.7 Å². The first-order valence-corrected chi connectivity index (χ1v) is 13.6. The summed E-state index contributed by atoms with van der Waals surface area (Å²) < 4.78 is 27.6. The molecule has 0 atom stereocenters. The van der Waals surface area contributed by atoms with Gasteiger partial charge in [-0.25, -0.2) is 8.42 Å². The van der Waals surface area contributed by atoms with Gasteiger partial charge in [0.05, 0.1) is 16.1 Å². The molecule has 1 saturated heterocycles. The maximum Gasteiger partial charge on any atom is 0.210 e. The average Bonchev–Trinajstić information content (AvgIpc) is 2.84. The standard InChI is InChI=1S/C27H35N3O2S/c1-5-21-9-11-23(12-10-21)33(31,32)26-19-28-25-13-8-20(4)18-24(25)27(26)30-16-14-22(15-17-30)29(6-2)7-3/h8-13,18-19,22H,5-7,14-17H2,1-4H3. The Morgan fingerprint density at radius 1 is 1.00 bits per heavy atom. The molecule has 1 fully saturated rings. The maximum atomic E-state index is 13.8. The molecule has 0 aliphatic carbocycles. The first kappa shape index (κ1) is 23.7. The summed E-state index contributed by atoms with van der Waals surface area (Å²) in [5.74, 6) is 0. The van der Waals surface area contributed by atoms with Crippen LogP contribution in [-0.4, -0.2) is 50.5 Å². The van der Waals surface area contributed by atoms with Crippen LogP contribution in [0.25, 0.3) is 10.9 Å². The molecule has 0 N–H and O–H groups in total. The number of piperidine rings is 1. The van der Waals surface area contributed by atoms with E-state index in [1.165, 1.54) is 0 Å². The van der Waals surface area contributed by atoms with Crippen LogP contribution < -0.4 is 4.90 Å². The topological polar surface area (TPSA) is 53.5 Å². The van der Waals surface area contributed by atoms with E-state index in [9.17, 15) is 8.42 Å². The average molecular weight is 466 g/mol. The lowest BCUT2D eigenvalue weighted by Gasteiger charge is -2.39. The number of pyridine rings is 1. The number of anilines is 1. The van der Waals surface area contributed by atoms with Crippen LogP contribution in [0.2, 0.25) is 0 Å². The van der Waals surface area contributed by atoms with Crippen molar-refractivity contribution in [2.75, 3.05) is 31.1 Å². The minimum Gasteiger partial charge on any atom is -0.370 e. The van der Waals surface area contributed by atoms with Crippen molar-refractivity contribution in [3.63, 3.8) is 0 Å². The fourth-order valence-electron chi connectivity index (χ4n) is 5.02. The van der Waals surface area contributed by atoms with Gasteiger partial charge in [0.2, 0.25) is 9.84 Å². The van der Waals surface area contributed by atoms with Crippen molar-refractivity contribution in [3.8, 4) is 0 Å². The SMILES string of the molecule is CCc1ccc(S(=O)(=O)c2cnc3ccc(C)cc3c2N2CCC(N(CC)CC)CC2)cc1. The Morgan fingerprint density at radius 3 is 2.27 bits per heavy atom. The Hall–Kier alpha value is -2.44. The van der Waals surface area contributed by atoms with Crippen LogP contribution >= 0.6 is 0 Å². The van der Waals surface area contributed by atoms with E-state index in [2.05, 4.69) is 41.6 Å². The minimum absolute atomic E-state index is 0.311. The Balaban J connectivity index is 1.80. The van der Waals surface area contributed by atoms with Gasteiger partial charge in [0.25, 0.3) is 0 Å². The highest BCUT2D eigenvalue weighted by atomic mass is 32.2. The molecule has 0 unspecified atom stereocenters. The molecule has 4 rings (SSSR count). The van der Waals surface area contributed by atoms with E-state index in [-0.39, 0.29) is 0 Å². The quantitative estimate of drug-likeness (QED) is 0.477. The van der Waals surface area contributed by atoms with Gasteiger partial charge in [-0.1, -0.05) is 44.5 Å². The van der Waals surface area contributed by atoms with Gasteiger partial charge in [-0.2, -0.15) is 0 Å². The number of hydrogen-bond acceptors (Lipinski definition) is 5. The van der Waals surface area contributed by atoms with Crippen molar-refractivity contribution in [1.82, 2.24) is 9.88 Å². The van der Waals surface area contributed by atoms with Crippen LogP contribution in [0.15, 0.2) is 58.5 Å². The monoisotopic (exact) mass is 465 g/mol. The van der Waals surface area contributed by atoms with Gasteiger partial charge in [0.15, 0.2) is 0 Å². The summed E-state index contributed by atoms with van der Waals surface area (Å²) in [6.45, 7) is 12.3. The smallest absolute Gasteiger partial charge is 0.210 e. The first-order chi connectivity index (χ1) is 15.9. The van der Waals surface area contributed by atoms with Crippen LogP contribution in [-0.2, 0) is 16.3 Å². The van der Waals surface area contributed by atoms with E-state index in [1.54, 1.807) is 18.3 Å². The molecule has 1 aliphatic heterocycles. The fourth-order valence-corrected chi connectivity index (χ4v) is 6.46. The number of hydrogen-bond donors (Lipinski definition) is 0. The second kappa shape index (κ2) is 9.82. The molecule has 0 radical (unpaired) electrons. The third-order valence-electron chi connectivity index (χ3n) is 7.00. The second-order valence-electron chi connectivity index (χ2n) is 8.93. The minimum atomic E-state index is -3.70. The molecule has 6 heteroatoms. The molecule has 1 aliphatic rings. The number of benzene rings is 2. The summed E-state index contributed by atoms with van der Waals surface area (Å²) in [5, 5.41) is 0.919. The largest absolute Gasteiger partial charge is 0.370 e. The van der Waals surface area contributed by atoms with Crippen molar-refractivity contribution >= 4 is 26.4 Å². The summed E-state index contributed by atoms with van der Waals surface area (Å²) in [5.41, 5.74) is 3.87. The van der Waals surface area contributed by atoms with Crippen molar-refractivity contribution in [2.45, 2.75) is 62.8 Å². The van der Waals surface area contributed by atoms with E-state index in [4.69, 9.17) is 0 Å². The maximum absolute atomic E-state index is 13.8. The summed E-state index contributed by atoms with van der Waals surface area (Å²) in [7, 11) is -3.70. The van der Waals surface area contributed by atoms with Crippen LogP contribution in [0, 0.1) is 6.92 Å². The molecule has 3 aromatic rings. The third-order valence-corrected chi connectivity index (χ3v) is 8.77. The molecule has 33 heavy (non-hydrogen) atoms. The van der Waals surface area contributed by atoms with Crippen molar-refractivity contribution in [3.05, 3.63) is 59.8 Å². The summed E-state index contributed by atoms with van der Waals surface area (Å²) in [4.78, 5) is 9.98. The molecule has 5 nitrogen and oxygen atoms in total. The van der Waals surface area contributed by atoms with Crippen molar-refractivity contribution < 1.29 is 8.42 Å². The molecular weight excluding hydrogens is 430 g/mol. The van der Waals surface area contributed by atoms with Crippen LogP contribution in [0.4, 0.5) is 5.69 Å². The van der Waals surface area contributed by atoms with Gasteiger partial charge < -0.3 is 9.80 Å². The number of aromatic nitrogens is 1. The zero-order valence-electron chi connectivity index (χ0n) is 20.2. The zero-order valence-corrected chi connectivity index (χ0v) is 21.0. The number of sulfone groups is 1. The van der Waals surface area contributed by atoms with Crippen LogP contribution in [0.5, 0.6) is 0 Å². The molecule has 0 saturated carbocycles. The lowest BCUT2D eigenvalue weighted by atomic mass is 10.0. The number of aryl methyl sites for hydroxylation is 2. The Bertz CT molecular complexity index is 1210. The number of fused-ring (bicyclic) bond motifs is 1. The highest BCUT2D eigenvalue weighted by Crippen LogP contribution is 2.38. The van der Waals surface area contributed by atoms with Gasteiger partial charge >= 0.3 is 0 Å². The van der Waals surface area contributed by atoms with Gasteiger partial charge in [-0.3, -0.25) is 4.98 Å². The molecule has 0 amide bonds. The van der Waals surface area contributed by atoms with Gasteiger partial charge in [0, 0.05) is 30.7 Å². The molecule has 1 aromatic heterocycles. The van der Waals surface area contributed by atoms with E-state index in [0.29, 0.717) is 15.8 Å². The normalized spacial score (nSPS) is 15.5. The first-order valence-electron chi connectivity index (χ1n) is 12.1. The lowest BCUT2D eigenvalue weighted by molar-refractivity contribution is 0.186. The number of rotatable bonds is 7. The van der Waals surface area contributed by atoms with Crippen molar-refractivity contribution in [2.24, 2.45) is 0 Å². The lowest BCUT2D eigenvalue weighted by Crippen LogP contribution is -2.45. The highest BCUT2D eigenvalue weighted by Gasteiger charge is 2.30. The predicted octanol–water partition coefficient (Wildman–Crippen LogP) is 5.25. The molecule has 176 valence electrons. The van der Waals surface area contributed by atoms with Crippen LogP contribution in [0.3, 0.4) is 0 Å². The van der Waals surface area contributed by atoms with E-state index in [1.807, 2.05) is 31.2 Å². The third kappa shape index (κ3) is 4.64. The Morgan fingerprint density at radius 2 is 1.67 bits per heavy atom. The number of nitrogens with zero attached hydrogens (tertiary/aromatic N) is 3. The molecule has 0 bridgehead atoms. The Kier molecular flexibility index (Phi) is 7.05. The molecular formula is C27H35N3O2S. The second-order valence-corrected chi connectivity index (χ2v) is 10.9. The molecule has 2 aromatic carbocycles. The van der Waals surface area contributed by atoms with Gasteiger partial charge in [-0.15, -0.1) is 0 Å². The van der Waals surface area contributed by atoms with Gasteiger partial charge in [-0.05, 0) is 69.1 Å². The predicted molar refractivity (Wildman–Crippen MR) is 136 cm³/mol.